The molecule has 4 aromatic rings. The van der Waals surface area contributed by atoms with Crippen molar-refractivity contribution in [2.24, 2.45) is 11.7 Å². The van der Waals surface area contributed by atoms with Gasteiger partial charge in [0.15, 0.2) is 0 Å². The summed E-state index contributed by atoms with van der Waals surface area (Å²) < 4.78 is 12.6. The van der Waals surface area contributed by atoms with Crippen molar-refractivity contribution in [3.8, 4) is 17.3 Å². The van der Waals surface area contributed by atoms with Gasteiger partial charge in [-0.3, -0.25) is 4.79 Å². The summed E-state index contributed by atoms with van der Waals surface area (Å²) in [5, 5.41) is 11.0. The van der Waals surface area contributed by atoms with Crippen LogP contribution in [-0.2, 0) is 17.7 Å². The molecule has 39 heavy (non-hydrogen) atoms. The number of carbonyl (C=O) groups is 1. The molecule has 1 aliphatic rings. The van der Waals surface area contributed by atoms with E-state index in [0.29, 0.717) is 36.5 Å². The Morgan fingerprint density at radius 3 is 2.69 bits per heavy atom. The lowest BCUT2D eigenvalue weighted by Crippen LogP contribution is -2.47. The van der Waals surface area contributed by atoms with E-state index >= 15 is 0 Å². The highest BCUT2D eigenvalue weighted by Gasteiger charge is 2.32. The van der Waals surface area contributed by atoms with Gasteiger partial charge < -0.3 is 29.6 Å². The summed E-state index contributed by atoms with van der Waals surface area (Å²) >= 11 is 0. The topological polar surface area (TPSA) is 128 Å². The van der Waals surface area contributed by atoms with Crippen LogP contribution in [0.15, 0.2) is 55.0 Å². The number of β-amino-alcohol motifs (C(OH)–C–C–N with tert-alkyl or cyclic N) is 1. The highest BCUT2D eigenvalue weighted by molar-refractivity contribution is 5.93. The molecule has 204 valence electrons. The molecule has 1 fully saturated rings. The number of amides is 1. The Labute approximate surface area is 227 Å². The Kier molecular flexibility index (Phi) is 7.87. The van der Waals surface area contributed by atoms with Crippen LogP contribution in [-0.4, -0.2) is 68.7 Å². The van der Waals surface area contributed by atoms with E-state index in [0.717, 1.165) is 28.7 Å². The average molecular weight is 531 g/mol. The van der Waals surface area contributed by atoms with Crippen LogP contribution in [0.1, 0.15) is 46.6 Å². The highest BCUT2D eigenvalue weighted by Crippen LogP contribution is 2.29. The molecule has 3 aromatic heterocycles. The number of hydrogen-bond donors (Lipinski definition) is 2. The maximum atomic E-state index is 13.5. The van der Waals surface area contributed by atoms with E-state index in [1.54, 1.807) is 30.5 Å². The summed E-state index contributed by atoms with van der Waals surface area (Å²) in [4.78, 5) is 28.4. The Hall–Kier alpha value is -3.86. The summed E-state index contributed by atoms with van der Waals surface area (Å²) in [5.41, 5.74) is 11.4. The predicted molar refractivity (Wildman–Crippen MR) is 146 cm³/mol. The molecule has 0 saturated carbocycles. The molecule has 1 saturated heterocycles. The number of pyridine rings is 1. The van der Waals surface area contributed by atoms with Crippen molar-refractivity contribution < 1.29 is 19.4 Å². The van der Waals surface area contributed by atoms with Gasteiger partial charge in [0.2, 0.25) is 0 Å². The zero-order valence-corrected chi connectivity index (χ0v) is 22.4. The first-order chi connectivity index (χ1) is 18.9. The molecule has 10 heteroatoms. The molecule has 1 aromatic carbocycles. The second-order valence-electron chi connectivity index (χ2n) is 9.89. The standard InChI is InChI=1S/C29H34N6O4/c1-18(38-2)23-13-22(24-8-10-31-29(33-24)39-3)15-35-16-25(32-27(23)35)28(37)34-11-9-20(26(36)17-34)12-19-6-4-5-7-21(19)14-30/h4-8,10,13,15-16,18,20,26,36H,9,11-12,14,17,30H2,1-3H3/t18-,20?,26-/m1/s1. The van der Waals surface area contributed by atoms with Crippen LogP contribution in [0.4, 0.5) is 0 Å². The number of carbonyl (C=O) groups excluding carboxylic acids is 1. The van der Waals surface area contributed by atoms with Gasteiger partial charge in [-0.25, -0.2) is 9.97 Å². The van der Waals surface area contributed by atoms with Gasteiger partial charge in [-0.2, -0.15) is 4.98 Å². The minimum absolute atomic E-state index is 0.0596. The fourth-order valence-electron chi connectivity index (χ4n) is 5.20. The van der Waals surface area contributed by atoms with Gasteiger partial charge in [-0.1, -0.05) is 24.3 Å². The van der Waals surface area contributed by atoms with Crippen molar-refractivity contribution in [3.05, 3.63) is 77.4 Å². The number of aliphatic hydroxyl groups is 1. The molecular weight excluding hydrogens is 496 g/mol. The predicted octanol–water partition coefficient (Wildman–Crippen LogP) is 3.03. The number of aliphatic hydroxyl groups excluding tert-OH is 1. The van der Waals surface area contributed by atoms with E-state index < -0.39 is 6.10 Å². The number of nitrogens with two attached hydrogens (primary N) is 1. The van der Waals surface area contributed by atoms with Gasteiger partial charge in [0.25, 0.3) is 5.91 Å². The van der Waals surface area contributed by atoms with E-state index in [2.05, 4.69) is 16.0 Å². The summed E-state index contributed by atoms with van der Waals surface area (Å²) in [6, 6.07) is 12.1. The summed E-state index contributed by atoms with van der Waals surface area (Å²) in [7, 11) is 3.15. The minimum Gasteiger partial charge on any atom is -0.467 e. The number of rotatable bonds is 8. The van der Waals surface area contributed by atoms with Gasteiger partial charge >= 0.3 is 6.01 Å². The van der Waals surface area contributed by atoms with Crippen LogP contribution in [0.3, 0.4) is 0 Å². The largest absolute Gasteiger partial charge is 0.467 e. The number of ether oxygens (including phenoxy) is 2. The number of piperidine rings is 1. The Morgan fingerprint density at radius 2 is 1.97 bits per heavy atom. The molecule has 1 aliphatic heterocycles. The molecule has 3 atom stereocenters. The molecule has 1 unspecified atom stereocenters. The van der Waals surface area contributed by atoms with Crippen molar-refractivity contribution in [2.75, 3.05) is 27.3 Å². The van der Waals surface area contributed by atoms with Crippen LogP contribution >= 0.6 is 0 Å². The molecule has 0 aliphatic carbocycles. The smallest absolute Gasteiger partial charge is 0.316 e. The van der Waals surface area contributed by atoms with Gasteiger partial charge in [0.1, 0.15) is 11.3 Å². The third-order valence-electron chi connectivity index (χ3n) is 7.53. The minimum atomic E-state index is -0.631. The molecule has 0 radical (unpaired) electrons. The van der Waals surface area contributed by atoms with Crippen LogP contribution in [0.5, 0.6) is 6.01 Å². The van der Waals surface area contributed by atoms with E-state index in [1.807, 2.05) is 41.8 Å². The van der Waals surface area contributed by atoms with Crippen molar-refractivity contribution in [1.82, 2.24) is 24.3 Å². The van der Waals surface area contributed by atoms with Crippen LogP contribution in [0.25, 0.3) is 16.9 Å². The van der Waals surface area contributed by atoms with Gasteiger partial charge in [0, 0.05) is 56.5 Å². The SMILES string of the molecule is COc1nccc(-c2cc([C@@H](C)OC)c3nc(C(=O)N4CCC(Cc5ccccc5CN)[C@H](O)C4)cn3c2)n1. The molecule has 0 bridgehead atoms. The fraction of sp³-hybridized carbons (Fsp3) is 0.379. The molecule has 0 spiro atoms. The quantitative estimate of drug-likeness (QED) is 0.356. The highest BCUT2D eigenvalue weighted by atomic mass is 16.5. The Morgan fingerprint density at radius 1 is 1.18 bits per heavy atom. The Balaban J connectivity index is 1.39. The number of benzene rings is 1. The van der Waals surface area contributed by atoms with Crippen LogP contribution in [0, 0.1) is 5.92 Å². The van der Waals surface area contributed by atoms with Crippen molar-refractivity contribution >= 4 is 11.6 Å². The van der Waals surface area contributed by atoms with Gasteiger partial charge in [-0.15, -0.1) is 0 Å². The molecular formula is C29H34N6O4. The summed E-state index contributed by atoms with van der Waals surface area (Å²) in [6.45, 7) is 3.20. The number of likely N-dealkylation sites (tertiary alicyclic amines) is 1. The molecule has 10 nitrogen and oxygen atoms in total. The van der Waals surface area contributed by atoms with E-state index in [4.69, 9.17) is 20.2 Å². The van der Waals surface area contributed by atoms with Crippen LogP contribution in [0.2, 0.25) is 0 Å². The van der Waals surface area contributed by atoms with E-state index in [-0.39, 0.29) is 30.5 Å². The monoisotopic (exact) mass is 530 g/mol. The molecule has 3 N–H and O–H groups in total. The van der Waals surface area contributed by atoms with Crippen molar-refractivity contribution in [2.45, 2.75) is 38.5 Å². The maximum Gasteiger partial charge on any atom is 0.316 e. The van der Waals surface area contributed by atoms with Crippen LogP contribution < -0.4 is 10.5 Å². The summed E-state index contributed by atoms with van der Waals surface area (Å²) in [5.74, 6) is -0.149. The number of fused-ring (bicyclic) bond motifs is 1. The third-order valence-corrected chi connectivity index (χ3v) is 7.53. The van der Waals surface area contributed by atoms with E-state index in [9.17, 15) is 9.90 Å². The first-order valence-electron chi connectivity index (χ1n) is 13.1. The zero-order chi connectivity index (χ0) is 27.5. The van der Waals surface area contributed by atoms with Crippen molar-refractivity contribution in [1.29, 1.82) is 0 Å². The van der Waals surface area contributed by atoms with Gasteiger partial charge in [-0.05, 0) is 48.9 Å². The lowest BCUT2D eigenvalue weighted by Gasteiger charge is -2.36. The second-order valence-corrected chi connectivity index (χ2v) is 9.89. The number of imidazole rings is 1. The lowest BCUT2D eigenvalue weighted by molar-refractivity contribution is 0.0194. The number of methoxy groups -OCH3 is 2. The maximum absolute atomic E-state index is 13.5. The third kappa shape index (κ3) is 5.49. The Bertz CT molecular complexity index is 1470. The van der Waals surface area contributed by atoms with E-state index in [1.165, 1.54) is 7.11 Å². The first kappa shape index (κ1) is 26.7. The lowest BCUT2D eigenvalue weighted by atomic mass is 9.86. The molecule has 1 amide bonds. The molecule has 4 heterocycles. The number of nitrogens with zero attached hydrogens (tertiary/aromatic N) is 5. The number of aromatic nitrogens is 4. The summed E-state index contributed by atoms with van der Waals surface area (Å²) in [6.07, 6.45) is 5.77. The molecule has 5 rings (SSSR count). The zero-order valence-electron chi connectivity index (χ0n) is 22.4. The second kappa shape index (κ2) is 11.5. The van der Waals surface area contributed by atoms with Gasteiger partial charge in [0.05, 0.1) is 25.0 Å². The number of hydrogen-bond acceptors (Lipinski definition) is 8. The fourth-order valence-corrected chi connectivity index (χ4v) is 5.20. The normalized spacial score (nSPS) is 18.3. The van der Waals surface area contributed by atoms with Crippen molar-refractivity contribution in [3.63, 3.8) is 0 Å². The first-order valence-corrected chi connectivity index (χ1v) is 13.1. The average Bonchev–Trinajstić information content (AvgIpc) is 3.41.